The summed E-state index contributed by atoms with van der Waals surface area (Å²) in [7, 11) is 1.89. The standard InChI is InChI=1S/C12H13N3O/c1-14-7-8-15(12(14)9-13-16)10-11-5-3-2-4-6-11/h2-9H,10H2,1H3/b12-9-. The number of hydrogen-bond acceptors (Lipinski definition) is 4. The SMILES string of the molecule is CN1C=CN(Cc2ccccc2)/C1=C\N=O. The molecule has 0 spiro atoms. The minimum atomic E-state index is 0.739. The molecule has 4 heteroatoms. The fraction of sp³-hybridized carbons (Fsp3) is 0.167. The van der Waals surface area contributed by atoms with E-state index in [2.05, 4.69) is 17.3 Å². The van der Waals surface area contributed by atoms with E-state index in [-0.39, 0.29) is 0 Å². The molecule has 0 radical (unpaired) electrons. The van der Waals surface area contributed by atoms with Gasteiger partial charge in [0.25, 0.3) is 0 Å². The number of rotatable bonds is 3. The van der Waals surface area contributed by atoms with Gasteiger partial charge in [0.1, 0.15) is 12.0 Å². The van der Waals surface area contributed by atoms with Crippen LogP contribution in [-0.2, 0) is 6.54 Å². The van der Waals surface area contributed by atoms with Crippen LogP contribution in [0.3, 0.4) is 0 Å². The first-order chi connectivity index (χ1) is 7.81. The molecule has 0 N–H and O–H groups in total. The van der Waals surface area contributed by atoms with Crippen LogP contribution in [-0.4, -0.2) is 16.8 Å². The van der Waals surface area contributed by atoms with Crippen molar-refractivity contribution in [2.45, 2.75) is 6.54 Å². The minimum Gasteiger partial charge on any atom is -0.335 e. The molecule has 0 amide bonds. The van der Waals surface area contributed by atoms with Crippen LogP contribution in [0.15, 0.2) is 59.9 Å². The van der Waals surface area contributed by atoms with Crippen LogP contribution in [0.1, 0.15) is 5.56 Å². The quantitative estimate of drug-likeness (QED) is 0.727. The first kappa shape index (κ1) is 10.4. The van der Waals surface area contributed by atoms with Gasteiger partial charge in [-0.25, -0.2) is 0 Å². The Morgan fingerprint density at radius 2 is 2.00 bits per heavy atom. The summed E-state index contributed by atoms with van der Waals surface area (Å²) < 4.78 is 0. The fourth-order valence-corrected chi connectivity index (χ4v) is 1.66. The van der Waals surface area contributed by atoms with Gasteiger partial charge in [-0.05, 0) is 10.7 Å². The molecule has 4 nitrogen and oxygen atoms in total. The average Bonchev–Trinajstić information content (AvgIpc) is 2.64. The van der Waals surface area contributed by atoms with Gasteiger partial charge in [0.05, 0.1) is 0 Å². The third-order valence-electron chi connectivity index (χ3n) is 2.49. The molecular weight excluding hydrogens is 202 g/mol. The van der Waals surface area contributed by atoms with Crippen molar-refractivity contribution < 1.29 is 0 Å². The third kappa shape index (κ3) is 2.11. The molecule has 0 fully saturated rings. The zero-order chi connectivity index (χ0) is 11.4. The van der Waals surface area contributed by atoms with E-state index in [1.807, 2.05) is 47.4 Å². The molecule has 1 aromatic rings. The van der Waals surface area contributed by atoms with Crippen molar-refractivity contribution in [1.29, 1.82) is 0 Å². The third-order valence-corrected chi connectivity index (χ3v) is 2.49. The Bertz CT molecular complexity index is 425. The van der Waals surface area contributed by atoms with Gasteiger partial charge in [-0.2, -0.15) is 0 Å². The molecule has 1 aliphatic rings. The van der Waals surface area contributed by atoms with Crippen LogP contribution in [0.25, 0.3) is 0 Å². The number of nitroso groups, excluding NO2 is 1. The highest BCUT2D eigenvalue weighted by atomic mass is 16.2. The summed E-state index contributed by atoms with van der Waals surface area (Å²) in [6, 6.07) is 10.1. The first-order valence-electron chi connectivity index (χ1n) is 5.05. The van der Waals surface area contributed by atoms with Gasteiger partial charge in [-0.15, -0.1) is 4.91 Å². The van der Waals surface area contributed by atoms with Crippen LogP contribution < -0.4 is 0 Å². The molecule has 82 valence electrons. The maximum Gasteiger partial charge on any atom is 0.135 e. The van der Waals surface area contributed by atoms with E-state index in [1.165, 1.54) is 11.8 Å². The summed E-state index contributed by atoms with van der Waals surface area (Å²) >= 11 is 0. The van der Waals surface area contributed by atoms with Gasteiger partial charge in [0, 0.05) is 26.0 Å². The highest BCUT2D eigenvalue weighted by Crippen LogP contribution is 2.20. The second-order valence-electron chi connectivity index (χ2n) is 3.62. The molecule has 0 saturated carbocycles. The van der Waals surface area contributed by atoms with E-state index < -0.39 is 0 Å². The lowest BCUT2D eigenvalue weighted by Crippen LogP contribution is -2.19. The molecule has 0 bridgehead atoms. The van der Waals surface area contributed by atoms with Crippen molar-refractivity contribution in [3.8, 4) is 0 Å². The van der Waals surface area contributed by atoms with E-state index in [4.69, 9.17) is 0 Å². The van der Waals surface area contributed by atoms with Crippen LogP contribution in [0, 0.1) is 4.91 Å². The molecule has 0 atom stereocenters. The molecule has 0 saturated heterocycles. The normalized spacial score (nSPS) is 17.2. The second kappa shape index (κ2) is 4.61. The molecule has 16 heavy (non-hydrogen) atoms. The summed E-state index contributed by atoms with van der Waals surface area (Å²) in [5.41, 5.74) is 1.19. The Kier molecular flexibility index (Phi) is 3.00. The molecule has 0 aliphatic carbocycles. The Morgan fingerprint density at radius 3 is 2.69 bits per heavy atom. The molecule has 0 unspecified atom stereocenters. The lowest BCUT2D eigenvalue weighted by atomic mass is 10.2. The summed E-state index contributed by atoms with van der Waals surface area (Å²) in [6.07, 6.45) is 5.16. The molecule has 1 aromatic carbocycles. The Balaban J connectivity index is 2.14. The van der Waals surface area contributed by atoms with Gasteiger partial charge >= 0.3 is 0 Å². The Hall–Kier alpha value is -2.10. The monoisotopic (exact) mass is 215 g/mol. The van der Waals surface area contributed by atoms with E-state index in [0.29, 0.717) is 0 Å². The van der Waals surface area contributed by atoms with Gasteiger partial charge < -0.3 is 9.80 Å². The zero-order valence-electron chi connectivity index (χ0n) is 9.08. The van der Waals surface area contributed by atoms with Crippen molar-refractivity contribution >= 4 is 0 Å². The van der Waals surface area contributed by atoms with Crippen molar-refractivity contribution in [1.82, 2.24) is 9.80 Å². The van der Waals surface area contributed by atoms with Crippen LogP contribution in [0.2, 0.25) is 0 Å². The highest BCUT2D eigenvalue weighted by Gasteiger charge is 2.16. The topological polar surface area (TPSA) is 35.9 Å². The summed E-state index contributed by atoms with van der Waals surface area (Å²) in [5, 5.41) is 2.82. The summed E-state index contributed by atoms with van der Waals surface area (Å²) in [6.45, 7) is 0.739. The van der Waals surface area contributed by atoms with Crippen LogP contribution in [0.5, 0.6) is 0 Å². The van der Waals surface area contributed by atoms with Gasteiger partial charge in [0.15, 0.2) is 0 Å². The van der Waals surface area contributed by atoms with Crippen molar-refractivity contribution in [2.75, 3.05) is 7.05 Å². The Labute approximate surface area is 94.5 Å². The van der Waals surface area contributed by atoms with Crippen LogP contribution in [0.4, 0.5) is 0 Å². The average molecular weight is 215 g/mol. The lowest BCUT2D eigenvalue weighted by molar-refractivity contribution is 0.385. The fourth-order valence-electron chi connectivity index (χ4n) is 1.66. The minimum absolute atomic E-state index is 0.739. The number of nitrogens with zero attached hydrogens (tertiary/aromatic N) is 3. The number of benzene rings is 1. The molecular formula is C12H13N3O. The van der Waals surface area contributed by atoms with Gasteiger partial charge in [-0.3, -0.25) is 0 Å². The number of hydrogen-bond donors (Lipinski definition) is 0. The highest BCUT2D eigenvalue weighted by molar-refractivity contribution is 5.19. The smallest absolute Gasteiger partial charge is 0.135 e. The van der Waals surface area contributed by atoms with E-state index >= 15 is 0 Å². The molecule has 1 aliphatic heterocycles. The van der Waals surface area contributed by atoms with Gasteiger partial charge in [0.2, 0.25) is 0 Å². The Morgan fingerprint density at radius 1 is 1.25 bits per heavy atom. The maximum atomic E-state index is 10.3. The van der Waals surface area contributed by atoms with E-state index in [1.54, 1.807) is 0 Å². The van der Waals surface area contributed by atoms with Gasteiger partial charge in [-0.1, -0.05) is 30.3 Å². The largest absolute Gasteiger partial charge is 0.335 e. The maximum absolute atomic E-state index is 10.3. The first-order valence-corrected chi connectivity index (χ1v) is 5.05. The predicted octanol–water partition coefficient (Wildman–Crippen LogP) is 2.47. The lowest BCUT2D eigenvalue weighted by Gasteiger charge is -2.20. The van der Waals surface area contributed by atoms with Crippen molar-refractivity contribution in [3.63, 3.8) is 0 Å². The second-order valence-corrected chi connectivity index (χ2v) is 3.62. The summed E-state index contributed by atoms with van der Waals surface area (Å²) in [5.74, 6) is 0.791. The summed E-state index contributed by atoms with van der Waals surface area (Å²) in [4.78, 5) is 14.1. The zero-order valence-corrected chi connectivity index (χ0v) is 9.08. The van der Waals surface area contributed by atoms with Crippen molar-refractivity contribution in [2.24, 2.45) is 5.18 Å². The predicted molar refractivity (Wildman–Crippen MR) is 62.8 cm³/mol. The van der Waals surface area contributed by atoms with E-state index in [9.17, 15) is 4.91 Å². The molecule has 0 aromatic heterocycles. The van der Waals surface area contributed by atoms with Crippen LogP contribution >= 0.6 is 0 Å². The van der Waals surface area contributed by atoms with E-state index in [0.717, 1.165) is 12.4 Å². The molecule has 1 heterocycles. The van der Waals surface area contributed by atoms with Crippen molar-refractivity contribution in [3.05, 3.63) is 65.2 Å². The molecule has 2 rings (SSSR count).